The van der Waals surface area contributed by atoms with E-state index < -0.39 is 5.76 Å². The molecule has 0 spiro atoms. The van der Waals surface area contributed by atoms with E-state index in [1.54, 1.807) is 13.1 Å². The zero-order chi connectivity index (χ0) is 19.5. The molecule has 1 atom stereocenters. The highest BCUT2D eigenvalue weighted by molar-refractivity contribution is 7.59. The van der Waals surface area contributed by atoms with E-state index in [1.165, 1.54) is 17.4 Å². The summed E-state index contributed by atoms with van der Waals surface area (Å²) in [6.07, 6.45) is 2.70. The highest BCUT2D eigenvalue weighted by atomic mass is 32.1. The molecule has 1 aromatic heterocycles. The predicted molar refractivity (Wildman–Crippen MR) is 119 cm³/mol. The van der Waals surface area contributed by atoms with Gasteiger partial charge in [0.25, 0.3) is 0 Å². The highest BCUT2D eigenvalue weighted by Gasteiger charge is 2.21. The predicted octanol–water partition coefficient (Wildman–Crippen LogP) is 2.74. The van der Waals surface area contributed by atoms with E-state index in [1.807, 2.05) is 30.3 Å². The van der Waals surface area contributed by atoms with Crippen LogP contribution in [0.1, 0.15) is 30.0 Å². The second-order valence-corrected chi connectivity index (χ2v) is 7.44. The van der Waals surface area contributed by atoms with Crippen molar-refractivity contribution in [1.29, 1.82) is 0 Å². The van der Waals surface area contributed by atoms with Crippen LogP contribution in [0.3, 0.4) is 0 Å². The van der Waals surface area contributed by atoms with Gasteiger partial charge in [-0.2, -0.15) is 13.5 Å². The van der Waals surface area contributed by atoms with Gasteiger partial charge < -0.3 is 14.6 Å². The molecule has 7 heteroatoms. The van der Waals surface area contributed by atoms with Crippen LogP contribution in [0.2, 0.25) is 0 Å². The zero-order valence-corrected chi connectivity index (χ0v) is 17.6. The Bertz CT molecular complexity index is 1020. The van der Waals surface area contributed by atoms with Crippen molar-refractivity contribution in [1.82, 2.24) is 14.8 Å². The maximum atomic E-state index is 12.8. The average molecular weight is 414 g/mol. The van der Waals surface area contributed by atoms with Gasteiger partial charge >= 0.3 is 5.76 Å². The molecule has 0 unspecified atom stereocenters. The molecule has 0 aliphatic carbocycles. The van der Waals surface area contributed by atoms with Gasteiger partial charge in [0.2, 0.25) is 5.91 Å². The quantitative estimate of drug-likeness (QED) is 0.675. The van der Waals surface area contributed by atoms with Gasteiger partial charge in [-0.1, -0.05) is 36.4 Å². The SMILES string of the molecule is Cn1c(=O)oc2ccc(CC(=O)N[C@H](CN3CCCC3)c3ccccc3)cc21.S. The number of oxazole rings is 1. The number of hydrogen-bond acceptors (Lipinski definition) is 4. The molecule has 3 aromatic rings. The lowest BCUT2D eigenvalue weighted by molar-refractivity contribution is -0.121. The molecule has 2 aromatic carbocycles. The van der Waals surface area contributed by atoms with Crippen molar-refractivity contribution in [2.45, 2.75) is 25.3 Å². The van der Waals surface area contributed by atoms with Crippen LogP contribution in [-0.2, 0) is 18.3 Å². The fourth-order valence-electron chi connectivity index (χ4n) is 3.86. The van der Waals surface area contributed by atoms with E-state index >= 15 is 0 Å². The monoisotopic (exact) mass is 413 g/mol. The lowest BCUT2D eigenvalue weighted by atomic mass is 10.1. The molecule has 1 amide bonds. The van der Waals surface area contributed by atoms with Gasteiger partial charge in [0.15, 0.2) is 5.58 Å². The van der Waals surface area contributed by atoms with E-state index in [0.29, 0.717) is 11.1 Å². The Labute approximate surface area is 176 Å². The summed E-state index contributed by atoms with van der Waals surface area (Å²) >= 11 is 0. The molecule has 2 heterocycles. The van der Waals surface area contributed by atoms with Crippen LogP contribution in [0, 0.1) is 0 Å². The van der Waals surface area contributed by atoms with E-state index in [0.717, 1.165) is 30.8 Å². The third-order valence-electron chi connectivity index (χ3n) is 5.40. The molecule has 1 aliphatic rings. The van der Waals surface area contributed by atoms with Crippen molar-refractivity contribution >= 4 is 30.5 Å². The summed E-state index contributed by atoms with van der Waals surface area (Å²) in [6.45, 7) is 3.00. The maximum absolute atomic E-state index is 12.8. The number of hydrogen-bond donors (Lipinski definition) is 1. The number of nitrogens with one attached hydrogen (secondary N) is 1. The number of carbonyl (C=O) groups is 1. The largest absolute Gasteiger partial charge is 0.419 e. The van der Waals surface area contributed by atoms with Gasteiger partial charge in [0, 0.05) is 13.6 Å². The Kier molecular flexibility index (Phi) is 6.82. The van der Waals surface area contributed by atoms with Crippen molar-refractivity contribution in [2.75, 3.05) is 19.6 Å². The molecule has 154 valence electrons. The molecule has 1 fully saturated rings. The van der Waals surface area contributed by atoms with Gasteiger partial charge in [-0.3, -0.25) is 9.36 Å². The summed E-state index contributed by atoms with van der Waals surface area (Å²) in [6, 6.07) is 15.5. The Morgan fingerprint density at radius 1 is 1.14 bits per heavy atom. The first-order valence-electron chi connectivity index (χ1n) is 9.75. The molecule has 4 rings (SSSR count). The zero-order valence-electron chi connectivity index (χ0n) is 16.6. The third-order valence-corrected chi connectivity index (χ3v) is 5.40. The van der Waals surface area contributed by atoms with Crippen LogP contribution in [0.4, 0.5) is 0 Å². The number of benzene rings is 2. The third kappa shape index (κ3) is 4.92. The van der Waals surface area contributed by atoms with Crippen LogP contribution >= 0.6 is 13.5 Å². The molecule has 0 bridgehead atoms. The summed E-state index contributed by atoms with van der Waals surface area (Å²) in [7, 11) is 1.67. The molecule has 0 radical (unpaired) electrons. The van der Waals surface area contributed by atoms with Crippen LogP contribution in [-0.4, -0.2) is 35.0 Å². The molecular formula is C22H27N3O3S. The summed E-state index contributed by atoms with van der Waals surface area (Å²) in [5.74, 6) is -0.424. The van der Waals surface area contributed by atoms with Gasteiger partial charge in [-0.15, -0.1) is 0 Å². The Balaban J connectivity index is 0.00000240. The lowest BCUT2D eigenvalue weighted by Crippen LogP contribution is -2.37. The van der Waals surface area contributed by atoms with Crippen molar-refractivity contribution in [3.63, 3.8) is 0 Å². The Morgan fingerprint density at radius 3 is 2.59 bits per heavy atom. The summed E-state index contributed by atoms with van der Waals surface area (Å²) in [4.78, 5) is 26.8. The van der Waals surface area contributed by atoms with Crippen molar-refractivity contribution < 1.29 is 9.21 Å². The van der Waals surface area contributed by atoms with Gasteiger partial charge in [-0.05, 0) is 49.2 Å². The second-order valence-electron chi connectivity index (χ2n) is 7.44. The normalized spacial score (nSPS) is 15.2. The standard InChI is InChI=1S/C22H25N3O3.H2S/c1-24-19-13-16(9-10-20(19)28-22(24)27)14-21(26)23-18(15-25-11-5-6-12-25)17-7-3-2-4-8-17;/h2-4,7-10,13,18H,5-6,11-12,14-15H2,1H3,(H,23,26);1H2/t18-;/m1./s1. The minimum Gasteiger partial charge on any atom is -0.408 e. The molecule has 1 N–H and O–H groups in total. The molecule has 1 saturated heterocycles. The van der Waals surface area contributed by atoms with Crippen molar-refractivity contribution in [3.8, 4) is 0 Å². The number of carbonyl (C=O) groups excluding carboxylic acids is 1. The highest BCUT2D eigenvalue weighted by Crippen LogP contribution is 2.19. The lowest BCUT2D eigenvalue weighted by Gasteiger charge is -2.25. The summed E-state index contributed by atoms with van der Waals surface area (Å²) < 4.78 is 6.61. The van der Waals surface area contributed by atoms with Crippen LogP contribution in [0.25, 0.3) is 11.1 Å². The summed E-state index contributed by atoms with van der Waals surface area (Å²) in [5.41, 5.74) is 3.21. The van der Waals surface area contributed by atoms with E-state index in [9.17, 15) is 9.59 Å². The first-order valence-corrected chi connectivity index (χ1v) is 9.75. The first-order chi connectivity index (χ1) is 13.6. The number of likely N-dealkylation sites (tertiary alicyclic amines) is 1. The number of rotatable bonds is 6. The van der Waals surface area contributed by atoms with Crippen molar-refractivity contribution in [2.24, 2.45) is 7.05 Å². The van der Waals surface area contributed by atoms with Crippen LogP contribution in [0.15, 0.2) is 57.7 Å². The summed E-state index contributed by atoms with van der Waals surface area (Å²) in [5, 5.41) is 3.20. The fraction of sp³-hybridized carbons (Fsp3) is 0.364. The average Bonchev–Trinajstić information content (AvgIpc) is 3.31. The molecule has 6 nitrogen and oxygen atoms in total. The van der Waals surface area contributed by atoms with Crippen molar-refractivity contribution in [3.05, 3.63) is 70.2 Å². The van der Waals surface area contributed by atoms with E-state index in [-0.39, 0.29) is 31.9 Å². The first kappa shape index (κ1) is 21.2. The maximum Gasteiger partial charge on any atom is 0.419 e. The van der Waals surface area contributed by atoms with Gasteiger partial charge in [0.1, 0.15) is 0 Å². The molecule has 1 aliphatic heterocycles. The number of amides is 1. The van der Waals surface area contributed by atoms with Gasteiger partial charge in [0.05, 0.1) is 18.0 Å². The van der Waals surface area contributed by atoms with Crippen LogP contribution < -0.4 is 11.1 Å². The fourth-order valence-corrected chi connectivity index (χ4v) is 3.86. The Hall–Kier alpha value is -2.51. The molecule has 29 heavy (non-hydrogen) atoms. The number of aryl methyl sites for hydroxylation is 1. The van der Waals surface area contributed by atoms with Gasteiger partial charge in [-0.25, -0.2) is 4.79 Å². The number of aromatic nitrogens is 1. The Morgan fingerprint density at radius 2 is 1.86 bits per heavy atom. The minimum atomic E-state index is -0.397. The molecular weight excluding hydrogens is 386 g/mol. The number of fused-ring (bicyclic) bond motifs is 1. The van der Waals surface area contributed by atoms with Crippen LogP contribution in [0.5, 0.6) is 0 Å². The van der Waals surface area contributed by atoms with E-state index in [4.69, 9.17) is 4.42 Å². The second kappa shape index (κ2) is 9.33. The molecule has 0 saturated carbocycles. The topological polar surface area (TPSA) is 67.5 Å². The number of nitrogens with zero attached hydrogens (tertiary/aromatic N) is 2. The van der Waals surface area contributed by atoms with E-state index in [2.05, 4.69) is 22.3 Å². The smallest absolute Gasteiger partial charge is 0.408 e. The minimum absolute atomic E-state index is 0.